The summed E-state index contributed by atoms with van der Waals surface area (Å²) in [6, 6.07) is 9.42. The van der Waals surface area contributed by atoms with Crippen molar-refractivity contribution in [3.63, 3.8) is 0 Å². The van der Waals surface area contributed by atoms with E-state index in [2.05, 4.69) is 5.32 Å². The van der Waals surface area contributed by atoms with Crippen LogP contribution in [0.5, 0.6) is 0 Å². The molecule has 94 valence electrons. The summed E-state index contributed by atoms with van der Waals surface area (Å²) in [4.78, 5) is 11.6. The topological polar surface area (TPSA) is 58.6 Å². The third kappa shape index (κ3) is 4.97. The van der Waals surface area contributed by atoms with E-state index in [1.165, 1.54) is 7.11 Å². The highest BCUT2D eigenvalue weighted by Gasteiger charge is 2.18. The molecular formula is C13H19NO3. The Morgan fingerprint density at radius 2 is 2.12 bits per heavy atom. The van der Waals surface area contributed by atoms with Crippen molar-refractivity contribution in [3.05, 3.63) is 35.9 Å². The largest absolute Gasteiger partial charge is 0.468 e. The first-order chi connectivity index (χ1) is 8.27. The van der Waals surface area contributed by atoms with E-state index in [-0.39, 0.29) is 18.6 Å². The van der Waals surface area contributed by atoms with Gasteiger partial charge in [0, 0.05) is 6.61 Å². The lowest BCUT2D eigenvalue weighted by Crippen LogP contribution is -2.40. The number of aliphatic hydroxyl groups excluding tert-OH is 1. The number of hydrogen-bond donors (Lipinski definition) is 2. The summed E-state index contributed by atoms with van der Waals surface area (Å²) in [5, 5.41) is 11.8. The third-order valence-corrected chi connectivity index (χ3v) is 2.49. The molecule has 0 aliphatic rings. The van der Waals surface area contributed by atoms with Crippen molar-refractivity contribution >= 4 is 5.97 Å². The predicted molar refractivity (Wildman–Crippen MR) is 65.7 cm³/mol. The number of nitrogens with one attached hydrogen (secondary N) is 1. The number of carbonyl (C=O) groups is 1. The van der Waals surface area contributed by atoms with E-state index in [4.69, 9.17) is 9.84 Å². The zero-order valence-electron chi connectivity index (χ0n) is 10.1. The summed E-state index contributed by atoms with van der Waals surface area (Å²) >= 11 is 0. The first-order valence-electron chi connectivity index (χ1n) is 5.74. The number of aliphatic hydroxyl groups is 1. The number of esters is 1. The van der Waals surface area contributed by atoms with Crippen LogP contribution in [0.1, 0.15) is 12.0 Å². The maximum atomic E-state index is 11.6. The van der Waals surface area contributed by atoms with Crippen molar-refractivity contribution in [1.29, 1.82) is 0 Å². The molecule has 17 heavy (non-hydrogen) atoms. The van der Waals surface area contributed by atoms with Gasteiger partial charge in [0.1, 0.15) is 6.04 Å². The monoisotopic (exact) mass is 237 g/mol. The Labute approximate surface area is 102 Å². The van der Waals surface area contributed by atoms with Gasteiger partial charge in [-0.05, 0) is 24.9 Å². The summed E-state index contributed by atoms with van der Waals surface area (Å²) in [5.41, 5.74) is 1.08. The van der Waals surface area contributed by atoms with Crippen LogP contribution in [-0.4, -0.2) is 37.4 Å². The maximum Gasteiger partial charge on any atom is 0.323 e. The van der Waals surface area contributed by atoms with Crippen LogP contribution in [-0.2, 0) is 16.0 Å². The second-order valence-corrected chi connectivity index (χ2v) is 3.80. The quantitative estimate of drug-likeness (QED) is 0.542. The zero-order valence-corrected chi connectivity index (χ0v) is 10.1. The molecule has 0 bridgehead atoms. The molecule has 0 spiro atoms. The number of hydrogen-bond acceptors (Lipinski definition) is 4. The molecule has 0 amide bonds. The number of methoxy groups -OCH3 is 1. The molecule has 0 unspecified atom stereocenters. The molecule has 1 atom stereocenters. The van der Waals surface area contributed by atoms with Crippen LogP contribution in [0.4, 0.5) is 0 Å². The van der Waals surface area contributed by atoms with Gasteiger partial charge in [0.25, 0.3) is 0 Å². The fourth-order valence-electron chi connectivity index (χ4n) is 1.59. The molecule has 1 aromatic rings. The molecule has 0 aliphatic heterocycles. The Hall–Kier alpha value is -1.39. The molecule has 1 aromatic carbocycles. The number of rotatable bonds is 7. The Morgan fingerprint density at radius 3 is 2.71 bits per heavy atom. The van der Waals surface area contributed by atoms with Crippen LogP contribution in [0.2, 0.25) is 0 Å². The highest BCUT2D eigenvalue weighted by atomic mass is 16.5. The highest BCUT2D eigenvalue weighted by molar-refractivity contribution is 5.76. The van der Waals surface area contributed by atoms with Crippen molar-refractivity contribution in [2.24, 2.45) is 0 Å². The Bertz CT molecular complexity index is 327. The molecule has 2 N–H and O–H groups in total. The van der Waals surface area contributed by atoms with Gasteiger partial charge in [-0.3, -0.25) is 4.79 Å². The lowest BCUT2D eigenvalue weighted by Gasteiger charge is -2.16. The number of benzene rings is 1. The highest BCUT2D eigenvalue weighted by Crippen LogP contribution is 2.04. The number of carbonyl (C=O) groups excluding carboxylic acids is 1. The molecule has 0 radical (unpaired) electrons. The third-order valence-electron chi connectivity index (χ3n) is 2.49. The zero-order chi connectivity index (χ0) is 12.5. The van der Waals surface area contributed by atoms with Gasteiger partial charge in [0.2, 0.25) is 0 Å². The molecule has 1 rings (SSSR count). The van der Waals surface area contributed by atoms with Crippen molar-refractivity contribution < 1.29 is 14.6 Å². The van der Waals surface area contributed by atoms with E-state index in [0.717, 1.165) is 5.56 Å². The van der Waals surface area contributed by atoms with E-state index >= 15 is 0 Å². The second-order valence-electron chi connectivity index (χ2n) is 3.80. The van der Waals surface area contributed by atoms with Crippen molar-refractivity contribution in [3.8, 4) is 0 Å². The van der Waals surface area contributed by atoms with E-state index in [9.17, 15) is 4.79 Å². The number of ether oxygens (including phenoxy) is 1. The lowest BCUT2D eigenvalue weighted by molar-refractivity contribution is -0.143. The van der Waals surface area contributed by atoms with Gasteiger partial charge in [0.15, 0.2) is 0 Å². The normalized spacial score (nSPS) is 12.1. The lowest BCUT2D eigenvalue weighted by atomic mass is 10.1. The Kier molecular flexibility index (Phi) is 6.29. The van der Waals surface area contributed by atoms with Crippen LogP contribution in [0, 0.1) is 0 Å². The van der Waals surface area contributed by atoms with Gasteiger partial charge in [0.05, 0.1) is 7.11 Å². The van der Waals surface area contributed by atoms with Crippen molar-refractivity contribution in [2.75, 3.05) is 20.3 Å². The van der Waals surface area contributed by atoms with Crippen LogP contribution >= 0.6 is 0 Å². The summed E-state index contributed by atoms with van der Waals surface area (Å²) in [6.07, 6.45) is 1.22. The van der Waals surface area contributed by atoms with Gasteiger partial charge < -0.3 is 15.2 Å². The average molecular weight is 237 g/mol. The SMILES string of the molecule is COC(=O)[C@@H](Cc1ccccc1)NCCCO. The first-order valence-corrected chi connectivity index (χ1v) is 5.74. The van der Waals surface area contributed by atoms with Gasteiger partial charge >= 0.3 is 5.97 Å². The minimum absolute atomic E-state index is 0.117. The molecule has 0 aromatic heterocycles. The van der Waals surface area contributed by atoms with Gasteiger partial charge in [-0.25, -0.2) is 0 Å². The molecule has 0 heterocycles. The minimum Gasteiger partial charge on any atom is -0.468 e. The fraction of sp³-hybridized carbons (Fsp3) is 0.462. The summed E-state index contributed by atoms with van der Waals surface area (Å²) < 4.78 is 4.75. The summed E-state index contributed by atoms with van der Waals surface area (Å²) in [6.45, 7) is 0.718. The molecule has 4 heteroatoms. The van der Waals surface area contributed by atoms with Crippen LogP contribution < -0.4 is 5.32 Å². The second kappa shape index (κ2) is 7.81. The van der Waals surface area contributed by atoms with E-state index in [1.807, 2.05) is 30.3 Å². The molecule has 0 saturated heterocycles. The molecule has 0 saturated carbocycles. The maximum absolute atomic E-state index is 11.6. The molecule has 0 fully saturated rings. The van der Waals surface area contributed by atoms with E-state index in [0.29, 0.717) is 19.4 Å². The Balaban J connectivity index is 2.54. The fourth-order valence-corrected chi connectivity index (χ4v) is 1.59. The van der Waals surface area contributed by atoms with Gasteiger partial charge in [-0.2, -0.15) is 0 Å². The minimum atomic E-state index is -0.353. The predicted octanol–water partition coefficient (Wildman–Crippen LogP) is 0.743. The Morgan fingerprint density at radius 1 is 1.41 bits per heavy atom. The summed E-state index contributed by atoms with van der Waals surface area (Å²) in [7, 11) is 1.38. The molecule has 0 aliphatic carbocycles. The molecule has 4 nitrogen and oxygen atoms in total. The van der Waals surface area contributed by atoms with E-state index in [1.54, 1.807) is 0 Å². The van der Waals surface area contributed by atoms with Crippen LogP contribution in [0.15, 0.2) is 30.3 Å². The van der Waals surface area contributed by atoms with Crippen molar-refractivity contribution in [2.45, 2.75) is 18.9 Å². The summed E-state index contributed by atoms with van der Waals surface area (Å²) in [5.74, 6) is -0.271. The standard InChI is InChI=1S/C13H19NO3/c1-17-13(16)12(14-8-5-9-15)10-11-6-3-2-4-7-11/h2-4,6-7,12,14-15H,5,8-10H2,1H3/t12-/m1/s1. The van der Waals surface area contributed by atoms with Crippen molar-refractivity contribution in [1.82, 2.24) is 5.32 Å². The van der Waals surface area contributed by atoms with Crippen LogP contribution in [0.3, 0.4) is 0 Å². The van der Waals surface area contributed by atoms with Gasteiger partial charge in [-0.15, -0.1) is 0 Å². The average Bonchev–Trinajstić information content (AvgIpc) is 2.38. The van der Waals surface area contributed by atoms with Gasteiger partial charge in [-0.1, -0.05) is 30.3 Å². The van der Waals surface area contributed by atoms with Crippen LogP contribution in [0.25, 0.3) is 0 Å². The first kappa shape index (κ1) is 13.7. The smallest absolute Gasteiger partial charge is 0.323 e. The van der Waals surface area contributed by atoms with E-state index < -0.39 is 0 Å². The molecular weight excluding hydrogens is 218 g/mol.